The third kappa shape index (κ3) is 3.12. The summed E-state index contributed by atoms with van der Waals surface area (Å²) < 4.78 is 37.5. The van der Waals surface area contributed by atoms with Crippen molar-refractivity contribution in [1.82, 2.24) is 0 Å². The third-order valence-electron chi connectivity index (χ3n) is 3.40. The topological polar surface area (TPSA) is 34.1 Å². The van der Waals surface area contributed by atoms with Gasteiger partial charge in [-0.15, -0.1) is 0 Å². The van der Waals surface area contributed by atoms with E-state index in [4.69, 9.17) is 0 Å². The van der Waals surface area contributed by atoms with Crippen molar-refractivity contribution in [2.24, 2.45) is 0 Å². The summed E-state index contributed by atoms with van der Waals surface area (Å²) in [6.07, 6.45) is 2.77. The monoisotopic (exact) mass is 334 g/mol. The first-order chi connectivity index (χ1) is 8.50. The summed E-state index contributed by atoms with van der Waals surface area (Å²) in [6, 6.07) is 6.52. The quantitative estimate of drug-likeness (QED) is 0.796. The van der Waals surface area contributed by atoms with Crippen LogP contribution in [0.2, 0.25) is 0 Å². The lowest BCUT2D eigenvalue weighted by Gasteiger charge is -2.26. The molecular weight excluding hydrogens is 319 g/mol. The highest BCUT2D eigenvalue weighted by atomic mass is 79.9. The molecule has 2 atom stereocenters. The molecule has 1 fully saturated rings. The molecule has 0 bridgehead atoms. The van der Waals surface area contributed by atoms with Crippen LogP contribution in [0.1, 0.15) is 24.8 Å². The summed E-state index contributed by atoms with van der Waals surface area (Å²) in [4.78, 5) is -0.209. The molecule has 5 heteroatoms. The zero-order valence-electron chi connectivity index (χ0n) is 9.98. The van der Waals surface area contributed by atoms with E-state index in [9.17, 15) is 12.8 Å². The van der Waals surface area contributed by atoms with E-state index in [1.54, 1.807) is 18.2 Å². The predicted octanol–water partition coefficient (Wildman–Crippen LogP) is 3.10. The van der Waals surface area contributed by atoms with Gasteiger partial charge in [-0.3, -0.25) is 0 Å². The maximum Gasteiger partial charge on any atom is 0.154 e. The zero-order valence-corrected chi connectivity index (χ0v) is 12.4. The van der Waals surface area contributed by atoms with Crippen LogP contribution in [0.15, 0.2) is 24.3 Å². The molecule has 1 aliphatic rings. The summed E-state index contributed by atoms with van der Waals surface area (Å²) >= 11 is 3.44. The van der Waals surface area contributed by atoms with E-state index in [1.165, 1.54) is 6.07 Å². The minimum absolute atomic E-state index is 0.209. The fraction of sp³-hybridized carbons (Fsp3) is 0.538. The van der Waals surface area contributed by atoms with Crippen LogP contribution in [0.25, 0.3) is 0 Å². The van der Waals surface area contributed by atoms with Gasteiger partial charge < -0.3 is 0 Å². The Morgan fingerprint density at radius 3 is 2.72 bits per heavy atom. The van der Waals surface area contributed by atoms with E-state index in [-0.39, 0.29) is 21.6 Å². The molecule has 0 radical (unpaired) electrons. The van der Waals surface area contributed by atoms with Crippen LogP contribution in [0.3, 0.4) is 0 Å². The SMILES string of the molecule is O=S1(=O)CCCCC1C(Br)Cc1ccccc1F. The fourth-order valence-electron chi connectivity index (χ4n) is 2.39. The highest BCUT2D eigenvalue weighted by molar-refractivity contribution is 9.09. The van der Waals surface area contributed by atoms with Crippen LogP contribution in [0.4, 0.5) is 4.39 Å². The van der Waals surface area contributed by atoms with E-state index in [2.05, 4.69) is 15.9 Å². The van der Waals surface area contributed by atoms with Crippen molar-refractivity contribution in [2.45, 2.75) is 35.8 Å². The van der Waals surface area contributed by atoms with E-state index in [1.807, 2.05) is 0 Å². The van der Waals surface area contributed by atoms with E-state index in [0.717, 1.165) is 12.8 Å². The molecule has 0 saturated carbocycles. The first-order valence-corrected chi connectivity index (χ1v) is 8.73. The van der Waals surface area contributed by atoms with Crippen LogP contribution < -0.4 is 0 Å². The second kappa shape index (κ2) is 5.70. The molecule has 1 aliphatic heterocycles. The Hall–Kier alpha value is -0.420. The Morgan fingerprint density at radius 1 is 1.33 bits per heavy atom. The molecule has 2 unspecified atom stereocenters. The molecule has 1 aromatic rings. The van der Waals surface area contributed by atoms with Gasteiger partial charge in [0.2, 0.25) is 0 Å². The Morgan fingerprint density at radius 2 is 2.06 bits per heavy atom. The molecule has 0 aliphatic carbocycles. The molecule has 100 valence electrons. The van der Waals surface area contributed by atoms with E-state index < -0.39 is 9.84 Å². The van der Waals surface area contributed by atoms with Gasteiger partial charge in [0.1, 0.15) is 5.82 Å². The number of benzene rings is 1. The number of hydrogen-bond donors (Lipinski definition) is 0. The Balaban J connectivity index is 2.12. The largest absolute Gasteiger partial charge is 0.229 e. The van der Waals surface area contributed by atoms with E-state index >= 15 is 0 Å². The van der Waals surface area contributed by atoms with Gasteiger partial charge in [-0.2, -0.15) is 0 Å². The molecule has 1 saturated heterocycles. The van der Waals surface area contributed by atoms with Crippen molar-refractivity contribution < 1.29 is 12.8 Å². The van der Waals surface area contributed by atoms with Crippen molar-refractivity contribution in [3.8, 4) is 0 Å². The standard InChI is InChI=1S/C13H16BrFO2S/c14-11(9-10-5-1-2-6-12(10)15)13-7-3-4-8-18(13,16)17/h1-2,5-6,11,13H,3-4,7-9H2. The third-order valence-corrected chi connectivity index (χ3v) is 7.06. The smallest absolute Gasteiger partial charge is 0.154 e. The fourth-order valence-corrected chi connectivity index (χ4v) is 5.97. The Bertz CT molecular complexity index is 515. The number of sulfone groups is 1. The lowest BCUT2D eigenvalue weighted by Crippen LogP contribution is -2.36. The summed E-state index contributed by atoms with van der Waals surface area (Å²) in [6.45, 7) is 0. The van der Waals surface area contributed by atoms with Crippen LogP contribution in [-0.4, -0.2) is 24.2 Å². The van der Waals surface area contributed by atoms with Gasteiger partial charge in [0.05, 0.1) is 11.0 Å². The van der Waals surface area contributed by atoms with Gasteiger partial charge in [-0.1, -0.05) is 40.5 Å². The van der Waals surface area contributed by atoms with Crippen molar-refractivity contribution in [2.75, 3.05) is 5.75 Å². The molecule has 0 spiro atoms. The van der Waals surface area contributed by atoms with Crippen LogP contribution in [-0.2, 0) is 16.3 Å². The molecule has 2 rings (SSSR count). The zero-order chi connectivity index (χ0) is 13.2. The second-order valence-electron chi connectivity index (χ2n) is 4.71. The molecule has 1 heterocycles. The molecule has 1 aromatic carbocycles. The first-order valence-electron chi connectivity index (χ1n) is 6.10. The lowest BCUT2D eigenvalue weighted by atomic mass is 10.0. The van der Waals surface area contributed by atoms with Crippen LogP contribution >= 0.6 is 15.9 Å². The highest BCUT2D eigenvalue weighted by Crippen LogP contribution is 2.28. The Labute approximate surface area is 116 Å². The minimum Gasteiger partial charge on any atom is -0.229 e. The number of alkyl halides is 1. The molecule has 0 amide bonds. The first kappa shape index (κ1) is 14.0. The van der Waals surface area contributed by atoms with Gasteiger partial charge in [0.15, 0.2) is 9.84 Å². The highest BCUT2D eigenvalue weighted by Gasteiger charge is 2.34. The van der Waals surface area contributed by atoms with Crippen LogP contribution in [0.5, 0.6) is 0 Å². The second-order valence-corrected chi connectivity index (χ2v) is 8.23. The average Bonchev–Trinajstić information content (AvgIpc) is 2.31. The van der Waals surface area contributed by atoms with Crippen molar-refractivity contribution in [3.05, 3.63) is 35.6 Å². The van der Waals surface area contributed by atoms with Crippen molar-refractivity contribution in [1.29, 1.82) is 0 Å². The van der Waals surface area contributed by atoms with Gasteiger partial charge in [0, 0.05) is 4.83 Å². The van der Waals surface area contributed by atoms with Crippen molar-refractivity contribution in [3.63, 3.8) is 0 Å². The average molecular weight is 335 g/mol. The van der Waals surface area contributed by atoms with Crippen LogP contribution in [0, 0.1) is 5.82 Å². The maximum atomic E-state index is 13.5. The summed E-state index contributed by atoms with van der Waals surface area (Å²) in [5.74, 6) is -0.00742. The summed E-state index contributed by atoms with van der Waals surface area (Å²) in [7, 11) is -3.03. The number of hydrogen-bond acceptors (Lipinski definition) is 2. The van der Waals surface area contributed by atoms with Gasteiger partial charge >= 0.3 is 0 Å². The number of halogens is 2. The normalized spacial score (nSPS) is 24.7. The molecular formula is C13H16BrFO2S. The van der Waals surface area contributed by atoms with Crippen molar-refractivity contribution >= 4 is 25.8 Å². The molecule has 0 N–H and O–H groups in total. The maximum absolute atomic E-state index is 13.5. The summed E-state index contributed by atoms with van der Waals surface area (Å²) in [5, 5.41) is -0.383. The van der Waals surface area contributed by atoms with Gasteiger partial charge in [0.25, 0.3) is 0 Å². The minimum atomic E-state index is -3.03. The molecule has 2 nitrogen and oxygen atoms in total. The summed E-state index contributed by atoms with van der Waals surface area (Å²) in [5.41, 5.74) is 0.570. The Kier molecular flexibility index (Phi) is 4.43. The predicted molar refractivity (Wildman–Crippen MR) is 74.2 cm³/mol. The number of rotatable bonds is 3. The van der Waals surface area contributed by atoms with Gasteiger partial charge in [-0.05, 0) is 30.9 Å². The van der Waals surface area contributed by atoms with Gasteiger partial charge in [-0.25, -0.2) is 12.8 Å². The lowest BCUT2D eigenvalue weighted by molar-refractivity contribution is 0.529. The molecule has 0 aromatic heterocycles. The molecule has 18 heavy (non-hydrogen) atoms. The van der Waals surface area contributed by atoms with E-state index in [0.29, 0.717) is 18.4 Å².